The number of nitrogens with one attached hydrogen (secondary N) is 1. The molecule has 1 unspecified atom stereocenters. The Bertz CT molecular complexity index is 502. The number of rotatable bonds is 5. The average Bonchev–Trinajstić information content (AvgIpc) is 2.90. The highest BCUT2D eigenvalue weighted by Gasteiger charge is 2.11. The van der Waals surface area contributed by atoms with Crippen LogP contribution in [-0.2, 0) is 0 Å². The fourth-order valence-electron chi connectivity index (χ4n) is 1.63. The molecule has 5 nitrogen and oxygen atoms in total. The van der Waals surface area contributed by atoms with Crippen LogP contribution in [0, 0.1) is 0 Å². The third-order valence-corrected chi connectivity index (χ3v) is 3.20. The van der Waals surface area contributed by atoms with E-state index >= 15 is 0 Å². The normalized spacial score (nSPS) is 11.9. The Hall–Kier alpha value is -1.82. The molecular weight excluding hydrogens is 250 g/mol. The molecule has 0 fully saturated rings. The predicted octanol–water partition coefficient (Wildman–Crippen LogP) is 2.73. The number of methoxy groups -OCH3 is 2. The van der Waals surface area contributed by atoms with E-state index in [1.165, 1.54) is 17.9 Å². The van der Waals surface area contributed by atoms with Crippen molar-refractivity contribution in [2.45, 2.75) is 13.0 Å². The van der Waals surface area contributed by atoms with E-state index in [0.717, 1.165) is 22.2 Å². The number of hydrogen-bond donors (Lipinski definition) is 1. The van der Waals surface area contributed by atoms with Gasteiger partial charge in [0.05, 0.1) is 20.3 Å². The van der Waals surface area contributed by atoms with Crippen LogP contribution in [0.15, 0.2) is 24.5 Å². The van der Waals surface area contributed by atoms with Crippen molar-refractivity contribution in [3.8, 4) is 11.5 Å². The number of nitrogens with zero attached hydrogens (tertiary/aromatic N) is 2. The summed E-state index contributed by atoms with van der Waals surface area (Å²) in [5.74, 6) is 1.45. The van der Waals surface area contributed by atoms with Crippen molar-refractivity contribution in [1.82, 2.24) is 9.36 Å². The van der Waals surface area contributed by atoms with Crippen molar-refractivity contribution < 1.29 is 9.47 Å². The van der Waals surface area contributed by atoms with Crippen molar-refractivity contribution in [1.29, 1.82) is 0 Å². The highest BCUT2D eigenvalue weighted by Crippen LogP contribution is 2.30. The van der Waals surface area contributed by atoms with Crippen LogP contribution in [0.25, 0.3) is 0 Å². The summed E-state index contributed by atoms with van der Waals surface area (Å²) in [5.41, 5.74) is 1.10. The monoisotopic (exact) mass is 265 g/mol. The SMILES string of the molecule is COc1ccc(C(C)Nc2ncns2)cc1OC. The van der Waals surface area contributed by atoms with Gasteiger partial charge in [-0.25, -0.2) is 4.98 Å². The maximum absolute atomic E-state index is 5.28. The summed E-state index contributed by atoms with van der Waals surface area (Å²) in [6, 6.07) is 5.97. The number of aromatic nitrogens is 2. The Morgan fingerprint density at radius 2 is 2.00 bits per heavy atom. The summed E-state index contributed by atoms with van der Waals surface area (Å²) in [5, 5.41) is 4.08. The molecule has 1 aromatic heterocycles. The van der Waals surface area contributed by atoms with Crippen molar-refractivity contribution in [2.75, 3.05) is 19.5 Å². The van der Waals surface area contributed by atoms with Crippen LogP contribution in [0.5, 0.6) is 11.5 Å². The molecule has 1 aromatic carbocycles. The second-order valence-corrected chi connectivity index (χ2v) is 4.51. The van der Waals surface area contributed by atoms with E-state index in [-0.39, 0.29) is 6.04 Å². The van der Waals surface area contributed by atoms with E-state index in [1.807, 2.05) is 18.2 Å². The molecule has 0 amide bonds. The van der Waals surface area contributed by atoms with Gasteiger partial charge in [0, 0.05) is 11.5 Å². The number of hydrogen-bond acceptors (Lipinski definition) is 6. The van der Waals surface area contributed by atoms with Crippen molar-refractivity contribution in [3.05, 3.63) is 30.1 Å². The Labute approximate surface area is 110 Å². The summed E-state index contributed by atoms with van der Waals surface area (Å²) in [7, 11) is 3.25. The highest BCUT2D eigenvalue weighted by molar-refractivity contribution is 7.09. The van der Waals surface area contributed by atoms with Gasteiger partial charge in [-0.15, -0.1) is 0 Å². The Balaban J connectivity index is 2.17. The van der Waals surface area contributed by atoms with Crippen LogP contribution < -0.4 is 14.8 Å². The van der Waals surface area contributed by atoms with Gasteiger partial charge >= 0.3 is 0 Å². The molecule has 6 heteroatoms. The molecule has 0 saturated carbocycles. The zero-order valence-electron chi connectivity index (χ0n) is 10.5. The van der Waals surface area contributed by atoms with E-state index < -0.39 is 0 Å². The van der Waals surface area contributed by atoms with Crippen LogP contribution in [0.2, 0.25) is 0 Å². The summed E-state index contributed by atoms with van der Waals surface area (Å²) in [6.07, 6.45) is 1.54. The molecule has 0 radical (unpaired) electrons. The smallest absolute Gasteiger partial charge is 0.202 e. The van der Waals surface area contributed by atoms with Crippen molar-refractivity contribution in [2.24, 2.45) is 0 Å². The molecule has 0 aliphatic rings. The zero-order valence-corrected chi connectivity index (χ0v) is 11.3. The van der Waals surface area contributed by atoms with Gasteiger partial charge in [0.15, 0.2) is 11.5 Å². The van der Waals surface area contributed by atoms with Gasteiger partial charge in [-0.2, -0.15) is 4.37 Å². The fraction of sp³-hybridized carbons (Fsp3) is 0.333. The van der Waals surface area contributed by atoms with Gasteiger partial charge < -0.3 is 14.8 Å². The first kappa shape index (κ1) is 12.6. The number of ether oxygens (including phenoxy) is 2. The molecule has 0 aliphatic carbocycles. The molecule has 2 aromatic rings. The molecule has 18 heavy (non-hydrogen) atoms. The van der Waals surface area contributed by atoms with Crippen LogP contribution in [-0.4, -0.2) is 23.6 Å². The lowest BCUT2D eigenvalue weighted by molar-refractivity contribution is 0.354. The zero-order chi connectivity index (χ0) is 13.0. The first-order valence-electron chi connectivity index (χ1n) is 5.49. The largest absolute Gasteiger partial charge is 0.493 e. The molecule has 0 bridgehead atoms. The lowest BCUT2D eigenvalue weighted by atomic mass is 10.1. The van der Waals surface area contributed by atoms with Gasteiger partial charge in [-0.05, 0) is 24.6 Å². The molecule has 96 valence electrons. The minimum atomic E-state index is 0.123. The summed E-state index contributed by atoms with van der Waals surface area (Å²) < 4.78 is 14.4. The number of benzene rings is 1. The second-order valence-electron chi connectivity index (χ2n) is 3.73. The highest BCUT2D eigenvalue weighted by atomic mass is 32.1. The van der Waals surface area contributed by atoms with Crippen LogP contribution in [0.1, 0.15) is 18.5 Å². The Morgan fingerprint density at radius 1 is 1.22 bits per heavy atom. The first-order chi connectivity index (χ1) is 8.74. The average molecular weight is 265 g/mol. The van der Waals surface area contributed by atoms with Gasteiger partial charge in [-0.3, -0.25) is 0 Å². The molecular formula is C12H15N3O2S. The minimum absolute atomic E-state index is 0.123. The molecule has 0 aliphatic heterocycles. The van der Waals surface area contributed by atoms with Crippen molar-refractivity contribution >= 4 is 16.7 Å². The lowest BCUT2D eigenvalue weighted by Gasteiger charge is -2.15. The number of anilines is 1. The van der Waals surface area contributed by atoms with Crippen LogP contribution in [0.4, 0.5) is 5.13 Å². The fourth-order valence-corrected chi connectivity index (χ4v) is 2.15. The predicted molar refractivity (Wildman–Crippen MR) is 71.5 cm³/mol. The Kier molecular flexibility index (Phi) is 3.99. The van der Waals surface area contributed by atoms with Gasteiger partial charge in [-0.1, -0.05) is 6.07 Å². The molecule has 2 rings (SSSR count). The van der Waals surface area contributed by atoms with Crippen LogP contribution >= 0.6 is 11.5 Å². The van der Waals surface area contributed by atoms with E-state index in [9.17, 15) is 0 Å². The maximum Gasteiger partial charge on any atom is 0.202 e. The molecule has 0 saturated heterocycles. The topological polar surface area (TPSA) is 56.3 Å². The molecule has 1 heterocycles. The van der Waals surface area contributed by atoms with Gasteiger partial charge in [0.25, 0.3) is 0 Å². The molecule has 1 atom stereocenters. The van der Waals surface area contributed by atoms with E-state index in [4.69, 9.17) is 9.47 Å². The standard InChI is InChI=1S/C12H15N3O2S/c1-8(15-12-13-7-14-18-12)9-4-5-10(16-2)11(6-9)17-3/h4-8H,1-3H3,(H,13,14,15). The van der Waals surface area contributed by atoms with Crippen molar-refractivity contribution in [3.63, 3.8) is 0 Å². The third kappa shape index (κ3) is 2.70. The molecule has 1 N–H and O–H groups in total. The van der Waals surface area contributed by atoms with Gasteiger partial charge in [0.1, 0.15) is 6.33 Å². The minimum Gasteiger partial charge on any atom is -0.493 e. The first-order valence-corrected chi connectivity index (χ1v) is 6.27. The Morgan fingerprint density at radius 3 is 2.61 bits per heavy atom. The lowest BCUT2D eigenvalue weighted by Crippen LogP contribution is -2.06. The summed E-state index contributed by atoms with van der Waals surface area (Å²) in [4.78, 5) is 4.10. The van der Waals surface area contributed by atoms with E-state index in [2.05, 4.69) is 21.6 Å². The summed E-state index contributed by atoms with van der Waals surface area (Å²) >= 11 is 1.34. The maximum atomic E-state index is 5.28. The van der Waals surface area contributed by atoms with E-state index in [0.29, 0.717) is 0 Å². The third-order valence-electron chi connectivity index (χ3n) is 2.61. The van der Waals surface area contributed by atoms with Crippen LogP contribution in [0.3, 0.4) is 0 Å². The van der Waals surface area contributed by atoms with E-state index in [1.54, 1.807) is 14.2 Å². The quantitative estimate of drug-likeness (QED) is 0.900. The van der Waals surface area contributed by atoms with Gasteiger partial charge in [0.2, 0.25) is 5.13 Å². The molecule has 0 spiro atoms. The summed E-state index contributed by atoms with van der Waals surface area (Å²) in [6.45, 7) is 2.06. The second kappa shape index (κ2) is 5.68.